The number of ether oxygens (including phenoxy) is 1. The number of hydrogen-bond acceptors (Lipinski definition) is 4. The molecule has 1 aromatic heterocycles. The van der Waals surface area contributed by atoms with Gasteiger partial charge in [-0.25, -0.2) is 4.98 Å². The maximum atomic E-state index is 5.52. The second-order valence-corrected chi connectivity index (χ2v) is 6.02. The molecule has 4 heteroatoms. The van der Waals surface area contributed by atoms with Crippen LogP contribution in [0.5, 0.6) is 5.75 Å². The average molecular weight is 278 g/mol. The minimum Gasteiger partial charge on any atom is -0.494 e. The van der Waals surface area contributed by atoms with Gasteiger partial charge in [0.05, 0.1) is 16.8 Å². The minimum absolute atomic E-state index is 0.479. The van der Waals surface area contributed by atoms with Crippen molar-refractivity contribution >= 4 is 26.7 Å². The molecular formula is C15H22N2OS. The van der Waals surface area contributed by atoms with Gasteiger partial charge < -0.3 is 10.1 Å². The van der Waals surface area contributed by atoms with Crippen LogP contribution in [-0.2, 0) is 0 Å². The molecule has 0 spiro atoms. The molecule has 0 saturated carbocycles. The Balaban J connectivity index is 2.21. The van der Waals surface area contributed by atoms with Crippen molar-refractivity contribution in [3.05, 3.63) is 18.2 Å². The van der Waals surface area contributed by atoms with Crippen molar-refractivity contribution in [2.75, 3.05) is 11.9 Å². The number of hydrogen-bond donors (Lipinski definition) is 1. The highest BCUT2D eigenvalue weighted by atomic mass is 32.1. The minimum atomic E-state index is 0.479. The van der Waals surface area contributed by atoms with Crippen molar-refractivity contribution < 1.29 is 4.74 Å². The number of fused-ring (bicyclic) bond motifs is 1. The molecule has 0 bridgehead atoms. The summed E-state index contributed by atoms with van der Waals surface area (Å²) in [6.45, 7) is 9.38. The highest BCUT2D eigenvalue weighted by Gasteiger charge is 2.13. The molecule has 0 amide bonds. The van der Waals surface area contributed by atoms with Crippen LogP contribution in [0.2, 0.25) is 0 Å². The first-order chi connectivity index (χ1) is 9.13. The molecule has 0 saturated heterocycles. The molecule has 1 atom stereocenters. The van der Waals surface area contributed by atoms with Crippen LogP contribution >= 0.6 is 11.3 Å². The fourth-order valence-corrected chi connectivity index (χ4v) is 3.08. The lowest BCUT2D eigenvalue weighted by Gasteiger charge is -2.19. The van der Waals surface area contributed by atoms with E-state index in [-0.39, 0.29) is 0 Å². The summed E-state index contributed by atoms with van der Waals surface area (Å²) in [5.41, 5.74) is 1.04. The van der Waals surface area contributed by atoms with Crippen molar-refractivity contribution in [1.82, 2.24) is 4.98 Å². The molecule has 2 rings (SSSR count). The van der Waals surface area contributed by atoms with Crippen LogP contribution in [0.1, 0.15) is 34.1 Å². The van der Waals surface area contributed by atoms with Gasteiger partial charge in [0.2, 0.25) is 0 Å². The maximum Gasteiger partial charge on any atom is 0.184 e. The van der Waals surface area contributed by atoms with Crippen LogP contribution in [0.3, 0.4) is 0 Å². The standard InChI is InChI=1S/C15H22N2OS/c1-5-12(10(3)4)16-15-17-13-8-7-11(18-6-2)9-14(13)19-15/h7-10,12H,5-6H2,1-4H3,(H,16,17). The molecule has 0 aliphatic heterocycles. The van der Waals surface area contributed by atoms with E-state index < -0.39 is 0 Å². The quantitative estimate of drug-likeness (QED) is 0.842. The van der Waals surface area contributed by atoms with Gasteiger partial charge in [-0.15, -0.1) is 0 Å². The molecule has 1 N–H and O–H groups in total. The van der Waals surface area contributed by atoms with E-state index in [4.69, 9.17) is 4.74 Å². The van der Waals surface area contributed by atoms with Crippen LogP contribution in [0.15, 0.2) is 18.2 Å². The predicted octanol–water partition coefficient (Wildman–Crippen LogP) is 4.54. The third kappa shape index (κ3) is 3.38. The molecule has 1 unspecified atom stereocenters. The normalized spacial score (nSPS) is 12.9. The van der Waals surface area contributed by atoms with Gasteiger partial charge in [0.15, 0.2) is 5.13 Å². The van der Waals surface area contributed by atoms with E-state index in [2.05, 4.69) is 37.1 Å². The number of anilines is 1. The fraction of sp³-hybridized carbons (Fsp3) is 0.533. The van der Waals surface area contributed by atoms with Crippen LogP contribution in [0, 0.1) is 5.92 Å². The number of aromatic nitrogens is 1. The van der Waals surface area contributed by atoms with Crippen LogP contribution < -0.4 is 10.1 Å². The van der Waals surface area contributed by atoms with Gasteiger partial charge in [-0.1, -0.05) is 32.1 Å². The summed E-state index contributed by atoms with van der Waals surface area (Å²) in [6.07, 6.45) is 1.11. The molecule has 1 heterocycles. The second-order valence-electron chi connectivity index (χ2n) is 4.98. The predicted molar refractivity (Wildman–Crippen MR) is 83.3 cm³/mol. The summed E-state index contributed by atoms with van der Waals surface area (Å²) in [5, 5.41) is 4.54. The molecule has 104 valence electrons. The summed E-state index contributed by atoms with van der Waals surface area (Å²) >= 11 is 1.70. The SMILES string of the molecule is CCOc1ccc2nc(NC(CC)C(C)C)sc2c1. The highest BCUT2D eigenvalue weighted by molar-refractivity contribution is 7.22. The van der Waals surface area contributed by atoms with E-state index in [0.29, 0.717) is 18.6 Å². The Morgan fingerprint density at radius 3 is 2.74 bits per heavy atom. The summed E-state index contributed by atoms with van der Waals surface area (Å²) in [7, 11) is 0. The third-order valence-electron chi connectivity index (χ3n) is 3.22. The Morgan fingerprint density at radius 2 is 2.11 bits per heavy atom. The Morgan fingerprint density at radius 1 is 1.32 bits per heavy atom. The highest BCUT2D eigenvalue weighted by Crippen LogP contribution is 2.30. The topological polar surface area (TPSA) is 34.1 Å². The Bertz CT molecular complexity index is 536. The van der Waals surface area contributed by atoms with E-state index in [1.807, 2.05) is 19.1 Å². The molecule has 0 aliphatic rings. The number of thiazole rings is 1. The monoisotopic (exact) mass is 278 g/mol. The van der Waals surface area contributed by atoms with Gasteiger partial charge in [0, 0.05) is 6.04 Å². The first kappa shape index (κ1) is 14.1. The summed E-state index contributed by atoms with van der Waals surface area (Å²) < 4.78 is 6.70. The van der Waals surface area contributed by atoms with Crippen LogP contribution in [0.4, 0.5) is 5.13 Å². The Kier molecular flexibility index (Phi) is 4.64. The molecule has 0 aliphatic carbocycles. The van der Waals surface area contributed by atoms with Crippen molar-refractivity contribution in [2.24, 2.45) is 5.92 Å². The van der Waals surface area contributed by atoms with Crippen LogP contribution in [0.25, 0.3) is 10.2 Å². The first-order valence-corrected chi connectivity index (χ1v) is 7.75. The van der Waals surface area contributed by atoms with Gasteiger partial charge >= 0.3 is 0 Å². The van der Waals surface area contributed by atoms with E-state index >= 15 is 0 Å². The number of benzene rings is 1. The largest absolute Gasteiger partial charge is 0.494 e. The second kappa shape index (κ2) is 6.24. The van der Waals surface area contributed by atoms with Gasteiger partial charge in [0.25, 0.3) is 0 Å². The summed E-state index contributed by atoms with van der Waals surface area (Å²) in [6, 6.07) is 6.55. The van der Waals surface area contributed by atoms with Crippen molar-refractivity contribution in [1.29, 1.82) is 0 Å². The molecule has 3 nitrogen and oxygen atoms in total. The van der Waals surface area contributed by atoms with Crippen molar-refractivity contribution in [3.63, 3.8) is 0 Å². The zero-order valence-electron chi connectivity index (χ0n) is 12.1. The fourth-order valence-electron chi connectivity index (χ4n) is 2.12. The number of nitrogens with one attached hydrogen (secondary N) is 1. The van der Waals surface area contributed by atoms with E-state index in [1.54, 1.807) is 11.3 Å². The molecular weight excluding hydrogens is 256 g/mol. The zero-order valence-corrected chi connectivity index (χ0v) is 12.9. The molecule has 1 aromatic carbocycles. The Labute approximate surface area is 119 Å². The lowest BCUT2D eigenvalue weighted by molar-refractivity contribution is 0.341. The van der Waals surface area contributed by atoms with Crippen molar-refractivity contribution in [3.8, 4) is 5.75 Å². The van der Waals surface area contributed by atoms with E-state index in [1.165, 1.54) is 4.70 Å². The molecule has 2 aromatic rings. The smallest absolute Gasteiger partial charge is 0.184 e. The molecule has 19 heavy (non-hydrogen) atoms. The number of rotatable bonds is 6. The lowest BCUT2D eigenvalue weighted by atomic mass is 10.0. The average Bonchev–Trinajstić information content (AvgIpc) is 2.77. The van der Waals surface area contributed by atoms with E-state index in [0.717, 1.165) is 22.8 Å². The maximum absolute atomic E-state index is 5.52. The summed E-state index contributed by atoms with van der Waals surface area (Å²) in [5.74, 6) is 1.53. The first-order valence-electron chi connectivity index (χ1n) is 6.94. The van der Waals surface area contributed by atoms with Crippen molar-refractivity contribution in [2.45, 2.75) is 40.2 Å². The number of nitrogens with zero attached hydrogens (tertiary/aromatic N) is 1. The zero-order chi connectivity index (χ0) is 13.8. The van der Waals surface area contributed by atoms with Gasteiger partial charge in [0.1, 0.15) is 5.75 Å². The lowest BCUT2D eigenvalue weighted by Crippen LogP contribution is -2.24. The molecule has 0 radical (unpaired) electrons. The van der Waals surface area contributed by atoms with Gasteiger partial charge in [-0.3, -0.25) is 0 Å². The van der Waals surface area contributed by atoms with E-state index in [9.17, 15) is 0 Å². The van der Waals surface area contributed by atoms with Gasteiger partial charge in [-0.05, 0) is 37.5 Å². The van der Waals surface area contributed by atoms with Crippen LogP contribution in [-0.4, -0.2) is 17.6 Å². The molecule has 0 fully saturated rings. The third-order valence-corrected chi connectivity index (χ3v) is 4.17. The summed E-state index contributed by atoms with van der Waals surface area (Å²) in [4.78, 5) is 4.64. The Hall–Kier alpha value is -1.29. The van der Waals surface area contributed by atoms with Gasteiger partial charge in [-0.2, -0.15) is 0 Å².